The summed E-state index contributed by atoms with van der Waals surface area (Å²) in [5.41, 5.74) is 1.12. The predicted molar refractivity (Wildman–Crippen MR) is 76.0 cm³/mol. The molecule has 1 aliphatic rings. The largest absolute Gasteiger partial charge is 0.481 e. The van der Waals surface area contributed by atoms with E-state index in [1.807, 2.05) is 30.3 Å². The van der Waals surface area contributed by atoms with E-state index < -0.39 is 5.97 Å². The molecule has 1 aromatic carbocycles. The first-order chi connectivity index (χ1) is 9.09. The number of benzene rings is 1. The third-order valence-corrected chi connectivity index (χ3v) is 4.38. The van der Waals surface area contributed by atoms with Crippen molar-refractivity contribution in [1.29, 1.82) is 0 Å². The van der Waals surface area contributed by atoms with Gasteiger partial charge >= 0.3 is 5.97 Å². The van der Waals surface area contributed by atoms with E-state index in [0.29, 0.717) is 12.0 Å². The molecule has 0 aliphatic carbocycles. The van der Waals surface area contributed by atoms with E-state index in [1.165, 1.54) is 6.42 Å². The Balaban J connectivity index is 2.24. The van der Waals surface area contributed by atoms with Gasteiger partial charge in [0.05, 0.1) is 6.42 Å². The molecule has 1 heterocycles. The molecule has 0 spiro atoms. The van der Waals surface area contributed by atoms with Crippen molar-refractivity contribution in [1.82, 2.24) is 4.90 Å². The first-order valence-corrected chi connectivity index (χ1v) is 7.12. The van der Waals surface area contributed by atoms with Crippen LogP contribution in [0.5, 0.6) is 0 Å². The average Bonchev–Trinajstić information content (AvgIpc) is 2.40. The van der Waals surface area contributed by atoms with Crippen LogP contribution in [0.4, 0.5) is 0 Å². The highest BCUT2D eigenvalue weighted by Crippen LogP contribution is 2.33. The zero-order chi connectivity index (χ0) is 13.8. The lowest BCUT2D eigenvalue weighted by Gasteiger charge is -2.42. The van der Waals surface area contributed by atoms with Crippen molar-refractivity contribution in [2.24, 2.45) is 5.92 Å². The highest BCUT2D eigenvalue weighted by atomic mass is 16.4. The van der Waals surface area contributed by atoms with Crippen LogP contribution in [0.25, 0.3) is 0 Å². The van der Waals surface area contributed by atoms with Crippen molar-refractivity contribution >= 4 is 5.97 Å². The van der Waals surface area contributed by atoms with Gasteiger partial charge in [-0.25, -0.2) is 0 Å². The van der Waals surface area contributed by atoms with Crippen LogP contribution in [0, 0.1) is 5.92 Å². The second-order valence-electron chi connectivity index (χ2n) is 5.62. The zero-order valence-corrected chi connectivity index (χ0v) is 11.7. The number of rotatable bonds is 4. The molecule has 0 amide bonds. The summed E-state index contributed by atoms with van der Waals surface area (Å²) < 4.78 is 0. The minimum atomic E-state index is -0.723. The van der Waals surface area contributed by atoms with Crippen LogP contribution in [-0.2, 0) is 4.79 Å². The summed E-state index contributed by atoms with van der Waals surface area (Å²) in [5.74, 6) is -0.0898. The molecule has 3 unspecified atom stereocenters. The highest BCUT2D eigenvalue weighted by Gasteiger charge is 2.32. The molecule has 1 N–H and O–H groups in total. The van der Waals surface area contributed by atoms with Gasteiger partial charge in [0.15, 0.2) is 0 Å². The molecule has 1 aliphatic heterocycles. The summed E-state index contributed by atoms with van der Waals surface area (Å²) in [7, 11) is 0. The van der Waals surface area contributed by atoms with Gasteiger partial charge in [-0.1, -0.05) is 37.3 Å². The normalized spacial score (nSPS) is 26.0. The van der Waals surface area contributed by atoms with Gasteiger partial charge in [-0.2, -0.15) is 0 Å². The van der Waals surface area contributed by atoms with E-state index in [2.05, 4.69) is 18.7 Å². The van der Waals surface area contributed by atoms with Crippen molar-refractivity contribution in [3.05, 3.63) is 35.9 Å². The van der Waals surface area contributed by atoms with Crippen LogP contribution in [-0.4, -0.2) is 28.6 Å². The Morgan fingerprint density at radius 3 is 2.68 bits per heavy atom. The minimum Gasteiger partial charge on any atom is -0.481 e. The number of nitrogens with zero attached hydrogens (tertiary/aromatic N) is 1. The lowest BCUT2D eigenvalue weighted by molar-refractivity contribution is -0.139. The average molecular weight is 261 g/mol. The second kappa shape index (κ2) is 6.20. The molecule has 3 atom stereocenters. The van der Waals surface area contributed by atoms with Crippen molar-refractivity contribution in [2.75, 3.05) is 6.54 Å². The smallest absolute Gasteiger partial charge is 0.305 e. The maximum Gasteiger partial charge on any atom is 0.305 e. The summed E-state index contributed by atoms with van der Waals surface area (Å²) in [6.45, 7) is 5.49. The molecule has 1 aromatic rings. The molecule has 0 radical (unpaired) electrons. The molecule has 1 saturated heterocycles. The van der Waals surface area contributed by atoms with Crippen molar-refractivity contribution in [3.8, 4) is 0 Å². The monoisotopic (exact) mass is 261 g/mol. The van der Waals surface area contributed by atoms with Gasteiger partial charge in [0, 0.05) is 12.1 Å². The van der Waals surface area contributed by atoms with Gasteiger partial charge in [-0.3, -0.25) is 9.69 Å². The Bertz CT molecular complexity index is 418. The molecular weight excluding hydrogens is 238 g/mol. The van der Waals surface area contributed by atoms with Crippen LogP contribution in [0.3, 0.4) is 0 Å². The van der Waals surface area contributed by atoms with Crippen molar-refractivity contribution in [2.45, 2.75) is 45.2 Å². The van der Waals surface area contributed by atoms with E-state index in [9.17, 15) is 9.90 Å². The SMILES string of the molecule is CC1CCCN(C(CC(=O)O)c2ccccc2)C1C. The molecule has 0 bridgehead atoms. The number of carboxylic acids is 1. The summed E-state index contributed by atoms with van der Waals surface area (Å²) in [5, 5.41) is 9.20. The van der Waals surface area contributed by atoms with Crippen LogP contribution >= 0.6 is 0 Å². The first kappa shape index (κ1) is 14.1. The molecule has 3 heteroatoms. The molecule has 0 saturated carbocycles. The first-order valence-electron chi connectivity index (χ1n) is 7.12. The van der Waals surface area contributed by atoms with E-state index in [-0.39, 0.29) is 12.5 Å². The fraction of sp³-hybridized carbons (Fsp3) is 0.562. The summed E-state index contributed by atoms with van der Waals surface area (Å²) in [6, 6.07) is 10.5. The Morgan fingerprint density at radius 1 is 1.37 bits per heavy atom. The van der Waals surface area contributed by atoms with Crippen LogP contribution in [0.2, 0.25) is 0 Å². The Hall–Kier alpha value is -1.35. The van der Waals surface area contributed by atoms with Gasteiger partial charge in [0.2, 0.25) is 0 Å². The topological polar surface area (TPSA) is 40.5 Å². The molecule has 0 aromatic heterocycles. The molecule has 104 valence electrons. The highest BCUT2D eigenvalue weighted by molar-refractivity contribution is 5.68. The van der Waals surface area contributed by atoms with E-state index in [1.54, 1.807) is 0 Å². The number of carbonyl (C=O) groups is 1. The molecular formula is C16H23NO2. The van der Waals surface area contributed by atoms with E-state index in [0.717, 1.165) is 18.5 Å². The second-order valence-corrected chi connectivity index (χ2v) is 5.62. The Labute approximate surface area is 115 Å². The number of carboxylic acid groups (broad SMARTS) is 1. The third kappa shape index (κ3) is 3.35. The zero-order valence-electron chi connectivity index (χ0n) is 11.7. The number of hydrogen-bond acceptors (Lipinski definition) is 2. The Kier molecular flexibility index (Phi) is 4.59. The van der Waals surface area contributed by atoms with Gasteiger partial charge in [0.1, 0.15) is 0 Å². The maximum atomic E-state index is 11.2. The molecule has 3 nitrogen and oxygen atoms in total. The predicted octanol–water partition coefficient (Wildman–Crippen LogP) is 3.32. The number of likely N-dealkylation sites (tertiary alicyclic amines) is 1. The van der Waals surface area contributed by atoms with Crippen LogP contribution < -0.4 is 0 Å². The number of aliphatic carboxylic acids is 1. The molecule has 2 rings (SSSR count). The minimum absolute atomic E-state index is 0.00329. The van der Waals surface area contributed by atoms with Crippen LogP contribution in [0.15, 0.2) is 30.3 Å². The standard InChI is InChI=1S/C16H23NO2/c1-12-7-6-10-17(13(12)2)15(11-16(18)19)14-8-4-3-5-9-14/h3-5,8-9,12-13,15H,6-7,10-11H2,1-2H3,(H,18,19). The lowest BCUT2D eigenvalue weighted by atomic mass is 9.88. The van der Waals surface area contributed by atoms with Crippen molar-refractivity contribution < 1.29 is 9.90 Å². The van der Waals surface area contributed by atoms with Gasteiger partial charge < -0.3 is 5.11 Å². The Morgan fingerprint density at radius 2 is 2.05 bits per heavy atom. The fourth-order valence-electron chi connectivity index (χ4n) is 3.07. The number of hydrogen-bond donors (Lipinski definition) is 1. The summed E-state index contributed by atoms with van der Waals surface area (Å²) in [6.07, 6.45) is 2.59. The van der Waals surface area contributed by atoms with Gasteiger partial charge in [-0.15, -0.1) is 0 Å². The van der Waals surface area contributed by atoms with E-state index >= 15 is 0 Å². The summed E-state index contributed by atoms with van der Waals surface area (Å²) >= 11 is 0. The van der Waals surface area contributed by atoms with Crippen LogP contribution in [0.1, 0.15) is 44.7 Å². The maximum absolute atomic E-state index is 11.2. The lowest BCUT2D eigenvalue weighted by Crippen LogP contribution is -2.45. The van der Waals surface area contributed by atoms with Gasteiger partial charge in [-0.05, 0) is 37.8 Å². The summed E-state index contributed by atoms with van der Waals surface area (Å²) in [4.78, 5) is 13.6. The molecule has 1 fully saturated rings. The number of piperidine rings is 1. The fourth-order valence-corrected chi connectivity index (χ4v) is 3.07. The van der Waals surface area contributed by atoms with Crippen molar-refractivity contribution in [3.63, 3.8) is 0 Å². The van der Waals surface area contributed by atoms with Gasteiger partial charge in [0.25, 0.3) is 0 Å². The quantitative estimate of drug-likeness (QED) is 0.904. The third-order valence-electron chi connectivity index (χ3n) is 4.38. The van der Waals surface area contributed by atoms with E-state index in [4.69, 9.17) is 0 Å². The molecule has 19 heavy (non-hydrogen) atoms.